The fourth-order valence-electron chi connectivity index (χ4n) is 4.07. The van der Waals surface area contributed by atoms with Crippen molar-refractivity contribution in [2.75, 3.05) is 13.1 Å². The van der Waals surface area contributed by atoms with Crippen LogP contribution in [0.4, 0.5) is 4.79 Å². The molecule has 0 aromatic carbocycles. The molecule has 3 aliphatic rings. The molecule has 2 saturated carbocycles. The zero-order valence-electron chi connectivity index (χ0n) is 12.8. The molecule has 3 rings (SSSR count). The molecule has 2 aliphatic carbocycles. The highest BCUT2D eigenvalue weighted by atomic mass is 16.4. The highest BCUT2D eigenvalue weighted by Gasteiger charge is 2.48. The molecular weight excluding hydrogens is 268 g/mol. The van der Waals surface area contributed by atoms with Crippen molar-refractivity contribution in [3.8, 4) is 0 Å². The van der Waals surface area contributed by atoms with Gasteiger partial charge in [0.25, 0.3) is 0 Å². The van der Waals surface area contributed by atoms with Gasteiger partial charge in [0.05, 0.1) is 0 Å². The lowest BCUT2D eigenvalue weighted by molar-refractivity contribution is -0.141. The second-order valence-corrected chi connectivity index (χ2v) is 6.87. The number of aliphatic carboxylic acids is 1. The number of carbonyl (C=O) groups excluding carboxylic acids is 1. The fraction of sp³-hybridized carbons (Fsp3) is 0.875. The van der Waals surface area contributed by atoms with E-state index in [1.165, 1.54) is 19.3 Å². The molecule has 3 unspecified atom stereocenters. The predicted molar refractivity (Wildman–Crippen MR) is 79.0 cm³/mol. The van der Waals surface area contributed by atoms with Crippen LogP contribution in [0.5, 0.6) is 0 Å². The fourth-order valence-corrected chi connectivity index (χ4v) is 4.07. The van der Waals surface area contributed by atoms with E-state index in [-0.39, 0.29) is 12.1 Å². The van der Waals surface area contributed by atoms with Gasteiger partial charge in [0.15, 0.2) is 0 Å². The molecule has 0 radical (unpaired) electrons. The molecule has 0 bridgehead atoms. The van der Waals surface area contributed by atoms with E-state index >= 15 is 0 Å². The monoisotopic (exact) mass is 294 g/mol. The van der Waals surface area contributed by atoms with Crippen LogP contribution < -0.4 is 0 Å². The van der Waals surface area contributed by atoms with Crippen LogP contribution in [0.1, 0.15) is 51.9 Å². The van der Waals surface area contributed by atoms with Gasteiger partial charge in [-0.3, -0.25) is 0 Å². The van der Waals surface area contributed by atoms with E-state index in [1.54, 1.807) is 4.90 Å². The second-order valence-electron chi connectivity index (χ2n) is 6.87. The summed E-state index contributed by atoms with van der Waals surface area (Å²) >= 11 is 0. The normalized spacial score (nSPS) is 31.9. The Morgan fingerprint density at radius 1 is 1.19 bits per heavy atom. The number of hydrogen-bond donors (Lipinski definition) is 1. The van der Waals surface area contributed by atoms with Crippen LogP contribution in [0, 0.1) is 11.8 Å². The van der Waals surface area contributed by atoms with Crippen LogP contribution in [-0.2, 0) is 4.79 Å². The van der Waals surface area contributed by atoms with Gasteiger partial charge in [-0.15, -0.1) is 0 Å². The van der Waals surface area contributed by atoms with E-state index in [1.807, 2.05) is 11.8 Å². The molecule has 1 heterocycles. The summed E-state index contributed by atoms with van der Waals surface area (Å²) in [6.07, 6.45) is 7.40. The van der Waals surface area contributed by atoms with Crippen molar-refractivity contribution >= 4 is 12.0 Å². The largest absolute Gasteiger partial charge is 0.480 e. The Kier molecular flexibility index (Phi) is 4.09. The number of carboxylic acid groups (broad SMARTS) is 1. The molecule has 118 valence electrons. The van der Waals surface area contributed by atoms with Crippen molar-refractivity contribution in [1.29, 1.82) is 0 Å². The zero-order valence-corrected chi connectivity index (χ0v) is 12.8. The van der Waals surface area contributed by atoms with E-state index in [4.69, 9.17) is 0 Å². The Labute approximate surface area is 126 Å². The minimum absolute atomic E-state index is 0.0359. The molecule has 5 nitrogen and oxygen atoms in total. The van der Waals surface area contributed by atoms with Crippen LogP contribution in [0.15, 0.2) is 0 Å². The molecule has 0 spiro atoms. The lowest BCUT2D eigenvalue weighted by atomic mass is 9.85. The van der Waals surface area contributed by atoms with Gasteiger partial charge in [0, 0.05) is 19.1 Å². The minimum Gasteiger partial charge on any atom is -0.480 e. The standard InChI is InChI=1S/C16H26N2O3/c1-2-17(10-11-7-8-11)16(21)18-13-6-4-3-5-12(13)9-14(18)15(19)20/h11-14H,2-10H2,1H3,(H,19,20). The van der Waals surface area contributed by atoms with Crippen LogP contribution in [-0.4, -0.2) is 52.1 Å². The Hall–Kier alpha value is -1.26. The number of likely N-dealkylation sites (tertiary alicyclic amines) is 1. The van der Waals surface area contributed by atoms with Crippen molar-refractivity contribution in [2.24, 2.45) is 11.8 Å². The van der Waals surface area contributed by atoms with Crippen LogP contribution in [0.3, 0.4) is 0 Å². The third-order valence-electron chi connectivity index (χ3n) is 5.42. The highest BCUT2D eigenvalue weighted by Crippen LogP contribution is 2.40. The number of carbonyl (C=O) groups is 2. The van der Waals surface area contributed by atoms with Gasteiger partial charge in [-0.05, 0) is 50.9 Å². The van der Waals surface area contributed by atoms with Gasteiger partial charge in [-0.2, -0.15) is 0 Å². The average Bonchev–Trinajstić information content (AvgIpc) is 3.21. The topological polar surface area (TPSA) is 60.9 Å². The summed E-state index contributed by atoms with van der Waals surface area (Å²) in [6, 6.07) is -0.495. The van der Waals surface area contributed by atoms with Gasteiger partial charge < -0.3 is 14.9 Å². The summed E-state index contributed by atoms with van der Waals surface area (Å²) in [5, 5.41) is 9.52. The number of hydrogen-bond acceptors (Lipinski definition) is 2. The lowest BCUT2D eigenvalue weighted by Gasteiger charge is -2.36. The highest BCUT2D eigenvalue weighted by molar-refractivity contribution is 5.84. The molecule has 21 heavy (non-hydrogen) atoms. The van der Waals surface area contributed by atoms with Crippen LogP contribution in [0.2, 0.25) is 0 Å². The van der Waals surface area contributed by atoms with Crippen molar-refractivity contribution in [1.82, 2.24) is 9.80 Å². The van der Waals surface area contributed by atoms with E-state index in [0.717, 1.165) is 25.8 Å². The first kappa shape index (κ1) is 14.7. The minimum atomic E-state index is -0.833. The lowest BCUT2D eigenvalue weighted by Crippen LogP contribution is -2.52. The summed E-state index contributed by atoms with van der Waals surface area (Å²) in [6.45, 7) is 3.47. The van der Waals surface area contributed by atoms with Crippen molar-refractivity contribution in [3.63, 3.8) is 0 Å². The SMILES string of the molecule is CCN(CC1CC1)C(=O)N1C(C(=O)O)CC2CCCCC21. The second kappa shape index (κ2) is 5.85. The molecule has 3 fully saturated rings. The number of nitrogens with zero attached hydrogens (tertiary/aromatic N) is 2. The average molecular weight is 294 g/mol. The molecule has 3 atom stereocenters. The molecule has 1 N–H and O–H groups in total. The van der Waals surface area contributed by atoms with E-state index in [0.29, 0.717) is 24.8 Å². The van der Waals surface area contributed by atoms with Gasteiger partial charge >= 0.3 is 12.0 Å². The maximum absolute atomic E-state index is 12.9. The Bertz CT molecular complexity index is 422. The number of carboxylic acids is 1. The Morgan fingerprint density at radius 3 is 2.52 bits per heavy atom. The third kappa shape index (κ3) is 2.87. The van der Waals surface area contributed by atoms with Crippen molar-refractivity contribution in [3.05, 3.63) is 0 Å². The summed E-state index contributed by atoms with van der Waals surface area (Å²) in [5.74, 6) is 0.200. The van der Waals surface area contributed by atoms with Gasteiger partial charge in [0.1, 0.15) is 6.04 Å². The number of rotatable bonds is 4. The molecule has 2 amide bonds. The van der Waals surface area contributed by atoms with E-state index in [9.17, 15) is 14.7 Å². The number of urea groups is 1. The first-order chi connectivity index (χ1) is 10.1. The van der Waals surface area contributed by atoms with Gasteiger partial charge in [0.2, 0.25) is 0 Å². The zero-order chi connectivity index (χ0) is 15.0. The first-order valence-corrected chi connectivity index (χ1v) is 8.41. The Balaban J connectivity index is 1.77. The Morgan fingerprint density at radius 2 is 1.90 bits per heavy atom. The summed E-state index contributed by atoms with van der Waals surface area (Å²) < 4.78 is 0. The van der Waals surface area contributed by atoms with Gasteiger partial charge in [-0.1, -0.05) is 12.8 Å². The predicted octanol–water partition coefficient (Wildman–Crippen LogP) is 2.56. The summed E-state index contributed by atoms with van der Waals surface area (Å²) in [4.78, 5) is 28.1. The van der Waals surface area contributed by atoms with E-state index < -0.39 is 12.0 Å². The number of amides is 2. The van der Waals surface area contributed by atoms with Crippen LogP contribution >= 0.6 is 0 Å². The molecule has 5 heteroatoms. The smallest absolute Gasteiger partial charge is 0.326 e. The number of fused-ring (bicyclic) bond motifs is 1. The maximum atomic E-state index is 12.9. The van der Waals surface area contributed by atoms with E-state index in [2.05, 4.69) is 0 Å². The summed E-state index contributed by atoms with van der Waals surface area (Å²) in [5.41, 5.74) is 0. The van der Waals surface area contributed by atoms with Crippen molar-refractivity contribution < 1.29 is 14.7 Å². The van der Waals surface area contributed by atoms with Crippen LogP contribution in [0.25, 0.3) is 0 Å². The van der Waals surface area contributed by atoms with Gasteiger partial charge in [-0.25, -0.2) is 9.59 Å². The molecule has 0 aromatic rings. The molecule has 0 aromatic heterocycles. The molecule has 1 aliphatic heterocycles. The molecule has 1 saturated heterocycles. The third-order valence-corrected chi connectivity index (χ3v) is 5.42. The molecular formula is C16H26N2O3. The van der Waals surface area contributed by atoms with Crippen molar-refractivity contribution in [2.45, 2.75) is 64.0 Å². The first-order valence-electron chi connectivity index (χ1n) is 8.41. The maximum Gasteiger partial charge on any atom is 0.326 e. The quantitative estimate of drug-likeness (QED) is 0.867. The summed E-state index contributed by atoms with van der Waals surface area (Å²) in [7, 11) is 0.